The van der Waals surface area contributed by atoms with Crippen LogP contribution in [0.15, 0.2) is 23.6 Å². The lowest BCUT2D eigenvalue weighted by atomic mass is 9.99. The minimum atomic E-state index is -4.42. The number of halogens is 3. The Bertz CT molecular complexity index is 601. The Morgan fingerprint density at radius 2 is 2.06 bits per heavy atom. The minimum absolute atomic E-state index is 0.365. The van der Waals surface area contributed by atoms with E-state index in [4.69, 9.17) is 5.11 Å². The van der Waals surface area contributed by atoms with Crippen molar-refractivity contribution < 1.29 is 23.1 Å². The number of aliphatic carboxylic acids is 1. The molecule has 0 aliphatic heterocycles. The van der Waals surface area contributed by atoms with E-state index in [2.05, 4.69) is 0 Å². The fraction of sp³-hybridized carbons (Fsp3) is 0.250. The van der Waals surface area contributed by atoms with Crippen LogP contribution in [0.1, 0.15) is 24.0 Å². The summed E-state index contributed by atoms with van der Waals surface area (Å²) in [5.41, 5.74) is -0.333. The van der Waals surface area contributed by atoms with E-state index in [-0.39, 0.29) is 0 Å². The zero-order valence-corrected chi connectivity index (χ0v) is 10.1. The molecule has 0 radical (unpaired) electrons. The third kappa shape index (κ3) is 2.20. The Labute approximate surface area is 105 Å². The number of carbonyl (C=O) groups is 1. The number of hydrogen-bond donors (Lipinski definition) is 1. The van der Waals surface area contributed by atoms with Gasteiger partial charge in [-0.25, -0.2) is 0 Å². The number of alkyl halides is 3. The van der Waals surface area contributed by atoms with Gasteiger partial charge >= 0.3 is 12.1 Å². The summed E-state index contributed by atoms with van der Waals surface area (Å²) in [6.45, 7) is 1.46. The molecular weight excluding hydrogens is 265 g/mol. The van der Waals surface area contributed by atoms with E-state index in [9.17, 15) is 18.0 Å². The number of carboxylic acid groups (broad SMARTS) is 1. The molecule has 0 bridgehead atoms. The maximum atomic E-state index is 12.6. The molecule has 2 aromatic rings. The van der Waals surface area contributed by atoms with Gasteiger partial charge in [0.05, 0.1) is 11.5 Å². The highest BCUT2D eigenvalue weighted by molar-refractivity contribution is 7.17. The fourth-order valence-electron chi connectivity index (χ4n) is 1.69. The summed E-state index contributed by atoms with van der Waals surface area (Å²) in [6.07, 6.45) is -4.42. The third-order valence-electron chi connectivity index (χ3n) is 2.77. The molecule has 1 atom stereocenters. The van der Waals surface area contributed by atoms with Gasteiger partial charge in [-0.2, -0.15) is 13.2 Å². The number of thiophene rings is 1. The van der Waals surface area contributed by atoms with E-state index >= 15 is 0 Å². The van der Waals surface area contributed by atoms with E-state index in [0.717, 1.165) is 12.1 Å². The van der Waals surface area contributed by atoms with Gasteiger partial charge in [0, 0.05) is 4.70 Å². The molecule has 6 heteroatoms. The van der Waals surface area contributed by atoms with Crippen molar-refractivity contribution in [3.8, 4) is 0 Å². The van der Waals surface area contributed by atoms with Crippen LogP contribution in [-0.4, -0.2) is 11.1 Å². The van der Waals surface area contributed by atoms with Gasteiger partial charge in [0.25, 0.3) is 0 Å². The molecule has 2 rings (SSSR count). The van der Waals surface area contributed by atoms with Gasteiger partial charge in [-0.1, -0.05) is 0 Å². The minimum Gasteiger partial charge on any atom is -0.481 e. The first-order valence-corrected chi connectivity index (χ1v) is 6.00. The predicted molar refractivity (Wildman–Crippen MR) is 62.9 cm³/mol. The molecule has 0 spiro atoms. The molecule has 96 valence electrons. The average molecular weight is 274 g/mol. The molecule has 1 heterocycles. The van der Waals surface area contributed by atoms with Crippen LogP contribution in [0, 0.1) is 0 Å². The molecule has 0 saturated heterocycles. The van der Waals surface area contributed by atoms with E-state index in [1.54, 1.807) is 5.38 Å². The van der Waals surface area contributed by atoms with E-state index in [0.29, 0.717) is 15.6 Å². The predicted octanol–water partition coefficient (Wildman–Crippen LogP) is 4.11. The van der Waals surface area contributed by atoms with E-state index in [1.807, 2.05) is 0 Å². The smallest absolute Gasteiger partial charge is 0.416 e. The second-order valence-electron chi connectivity index (χ2n) is 3.96. The Morgan fingerprint density at radius 1 is 1.39 bits per heavy atom. The molecule has 0 fully saturated rings. The van der Waals surface area contributed by atoms with E-state index in [1.165, 1.54) is 24.3 Å². The largest absolute Gasteiger partial charge is 0.481 e. The summed E-state index contributed by atoms with van der Waals surface area (Å²) in [7, 11) is 0. The number of hydrogen-bond acceptors (Lipinski definition) is 2. The summed E-state index contributed by atoms with van der Waals surface area (Å²) in [4.78, 5) is 10.9. The Morgan fingerprint density at radius 3 is 2.61 bits per heavy atom. The highest BCUT2D eigenvalue weighted by atomic mass is 32.1. The van der Waals surface area contributed by atoms with Crippen molar-refractivity contribution in [2.24, 2.45) is 0 Å². The van der Waals surface area contributed by atoms with E-state index < -0.39 is 23.6 Å². The standard InChI is InChI=1S/C12H9F3O2S/c1-6(11(16)17)9-5-18-10-3-2-7(4-8(9)10)12(13,14)15/h2-6H,1H3,(H,16,17). The number of rotatable bonds is 2. The molecule has 2 nitrogen and oxygen atoms in total. The topological polar surface area (TPSA) is 37.3 Å². The zero-order valence-electron chi connectivity index (χ0n) is 9.28. The summed E-state index contributed by atoms with van der Waals surface area (Å²) < 4.78 is 38.5. The van der Waals surface area contributed by atoms with Gasteiger partial charge in [0.2, 0.25) is 0 Å². The molecule has 1 aromatic carbocycles. The highest BCUT2D eigenvalue weighted by Crippen LogP contribution is 2.36. The molecule has 1 N–H and O–H groups in total. The van der Waals surface area contributed by atoms with Crippen LogP contribution in [-0.2, 0) is 11.0 Å². The number of carboxylic acids is 1. The first-order valence-electron chi connectivity index (χ1n) is 5.12. The summed E-state index contributed by atoms with van der Waals surface area (Å²) in [5, 5.41) is 10.9. The van der Waals surface area contributed by atoms with Crippen molar-refractivity contribution >= 4 is 27.4 Å². The maximum Gasteiger partial charge on any atom is 0.416 e. The normalized spacial score (nSPS) is 13.8. The fourth-order valence-corrected chi connectivity index (χ4v) is 2.73. The monoisotopic (exact) mass is 274 g/mol. The van der Waals surface area contributed by atoms with Crippen molar-refractivity contribution in [1.82, 2.24) is 0 Å². The highest BCUT2D eigenvalue weighted by Gasteiger charge is 2.31. The molecule has 0 saturated carbocycles. The first kappa shape index (κ1) is 12.9. The number of fused-ring (bicyclic) bond motifs is 1. The second-order valence-corrected chi connectivity index (χ2v) is 4.87. The van der Waals surface area contributed by atoms with Gasteiger partial charge in [-0.3, -0.25) is 4.79 Å². The van der Waals surface area contributed by atoms with Crippen molar-refractivity contribution in [2.75, 3.05) is 0 Å². The van der Waals surface area contributed by atoms with Crippen LogP contribution in [0.2, 0.25) is 0 Å². The quantitative estimate of drug-likeness (QED) is 0.894. The lowest BCUT2D eigenvalue weighted by Gasteiger charge is -2.08. The van der Waals surface area contributed by atoms with Crippen molar-refractivity contribution in [1.29, 1.82) is 0 Å². The Kier molecular flexibility index (Phi) is 3.06. The van der Waals surface area contributed by atoms with Crippen molar-refractivity contribution in [2.45, 2.75) is 19.0 Å². The second kappa shape index (κ2) is 4.28. The van der Waals surface area contributed by atoms with Gasteiger partial charge in [-0.15, -0.1) is 11.3 Å². The lowest BCUT2D eigenvalue weighted by Crippen LogP contribution is -2.07. The van der Waals surface area contributed by atoms with Crippen LogP contribution in [0.25, 0.3) is 10.1 Å². The summed E-state index contributed by atoms with van der Waals surface area (Å²) in [5.74, 6) is -1.87. The van der Waals surface area contributed by atoms with Crippen LogP contribution in [0.5, 0.6) is 0 Å². The maximum absolute atomic E-state index is 12.6. The van der Waals surface area contributed by atoms with Crippen LogP contribution >= 0.6 is 11.3 Å². The third-order valence-corrected chi connectivity index (χ3v) is 3.75. The molecule has 0 amide bonds. The van der Waals surface area contributed by atoms with Crippen LogP contribution in [0.4, 0.5) is 13.2 Å². The average Bonchev–Trinajstić information content (AvgIpc) is 2.69. The van der Waals surface area contributed by atoms with Crippen molar-refractivity contribution in [3.63, 3.8) is 0 Å². The van der Waals surface area contributed by atoms with Crippen LogP contribution in [0.3, 0.4) is 0 Å². The molecular formula is C12H9F3O2S. The molecule has 1 unspecified atom stereocenters. The van der Waals surface area contributed by atoms with Crippen LogP contribution < -0.4 is 0 Å². The van der Waals surface area contributed by atoms with Gasteiger partial charge < -0.3 is 5.11 Å². The summed E-state index contributed by atoms with van der Waals surface area (Å²) in [6, 6.07) is 3.40. The lowest BCUT2D eigenvalue weighted by molar-refractivity contribution is -0.138. The Balaban J connectivity index is 2.60. The molecule has 0 aliphatic rings. The SMILES string of the molecule is CC(C(=O)O)c1csc2ccc(C(F)(F)F)cc12. The van der Waals surface area contributed by atoms with Gasteiger partial charge in [-0.05, 0) is 41.5 Å². The Hall–Kier alpha value is -1.56. The molecule has 18 heavy (non-hydrogen) atoms. The zero-order chi connectivity index (χ0) is 13.5. The first-order chi connectivity index (χ1) is 8.30. The van der Waals surface area contributed by atoms with Gasteiger partial charge in [0.15, 0.2) is 0 Å². The van der Waals surface area contributed by atoms with Crippen molar-refractivity contribution in [3.05, 3.63) is 34.7 Å². The molecule has 0 aliphatic carbocycles. The number of benzene rings is 1. The van der Waals surface area contributed by atoms with Gasteiger partial charge in [0.1, 0.15) is 0 Å². The molecule has 1 aromatic heterocycles. The summed E-state index contributed by atoms with van der Waals surface area (Å²) >= 11 is 1.25.